The predicted octanol–water partition coefficient (Wildman–Crippen LogP) is 2.36. The number of rotatable bonds is 6. The van der Waals surface area contributed by atoms with E-state index in [2.05, 4.69) is 15.6 Å². The van der Waals surface area contributed by atoms with E-state index < -0.39 is 0 Å². The van der Waals surface area contributed by atoms with Crippen molar-refractivity contribution in [1.82, 2.24) is 10.3 Å². The first-order valence-corrected chi connectivity index (χ1v) is 7.28. The van der Waals surface area contributed by atoms with Crippen LogP contribution in [0, 0.1) is 0 Å². The molecule has 0 bridgehead atoms. The Bertz CT molecular complexity index is 706. The maximum Gasteiger partial charge on any atom is 0.269 e. The molecule has 0 radical (unpaired) electrons. The zero-order valence-corrected chi connectivity index (χ0v) is 13.3. The number of amides is 2. The number of carbonyl (C=O) groups excluding carboxylic acids is 2. The number of methoxy groups -OCH3 is 1. The smallest absolute Gasteiger partial charge is 0.269 e. The average Bonchev–Trinajstić information content (AvgIpc) is 2.57. The van der Waals surface area contributed by atoms with Crippen LogP contribution in [0.1, 0.15) is 20.8 Å². The third kappa shape index (κ3) is 4.77. The SMILES string of the molecule is COCCNC(=O)c1cc(C(=O)Nc2ccccc2Cl)ccn1. The van der Waals surface area contributed by atoms with E-state index in [0.717, 1.165) is 0 Å². The van der Waals surface area contributed by atoms with E-state index >= 15 is 0 Å². The number of pyridine rings is 1. The summed E-state index contributed by atoms with van der Waals surface area (Å²) in [5.74, 6) is -0.735. The van der Waals surface area contributed by atoms with Gasteiger partial charge < -0.3 is 15.4 Å². The molecule has 0 saturated carbocycles. The zero-order chi connectivity index (χ0) is 16.7. The molecule has 0 atom stereocenters. The van der Waals surface area contributed by atoms with Crippen LogP contribution in [0.4, 0.5) is 5.69 Å². The third-order valence-corrected chi connectivity index (χ3v) is 3.30. The molecule has 0 aliphatic rings. The number of nitrogens with zero attached hydrogens (tertiary/aromatic N) is 1. The van der Waals surface area contributed by atoms with Crippen molar-refractivity contribution in [3.8, 4) is 0 Å². The lowest BCUT2D eigenvalue weighted by Gasteiger charge is -2.08. The van der Waals surface area contributed by atoms with E-state index in [4.69, 9.17) is 16.3 Å². The lowest BCUT2D eigenvalue weighted by atomic mass is 10.2. The van der Waals surface area contributed by atoms with Gasteiger partial charge in [0.15, 0.2) is 0 Å². The van der Waals surface area contributed by atoms with Crippen LogP contribution in [0.3, 0.4) is 0 Å². The molecular formula is C16H16ClN3O3. The number of aromatic nitrogens is 1. The molecule has 6 nitrogen and oxygen atoms in total. The van der Waals surface area contributed by atoms with Crippen molar-refractivity contribution in [2.45, 2.75) is 0 Å². The Balaban J connectivity index is 2.08. The van der Waals surface area contributed by atoms with Crippen molar-refractivity contribution in [2.75, 3.05) is 25.6 Å². The van der Waals surface area contributed by atoms with Gasteiger partial charge in [0.1, 0.15) is 5.69 Å². The van der Waals surface area contributed by atoms with Crippen LogP contribution in [0.15, 0.2) is 42.6 Å². The molecule has 0 spiro atoms. The molecule has 120 valence electrons. The molecule has 7 heteroatoms. The molecule has 0 fully saturated rings. The molecule has 1 heterocycles. The molecule has 1 aromatic heterocycles. The molecule has 2 rings (SSSR count). The molecule has 2 aromatic rings. The normalized spacial score (nSPS) is 10.2. The van der Waals surface area contributed by atoms with Crippen molar-refractivity contribution >= 4 is 29.1 Å². The summed E-state index contributed by atoms with van der Waals surface area (Å²) < 4.78 is 4.86. The number of hydrogen-bond acceptors (Lipinski definition) is 4. The van der Waals surface area contributed by atoms with Crippen molar-refractivity contribution in [3.63, 3.8) is 0 Å². The second-order valence-corrected chi connectivity index (χ2v) is 5.02. The van der Waals surface area contributed by atoms with Gasteiger partial charge in [-0.15, -0.1) is 0 Å². The second kappa shape index (κ2) is 8.26. The fraction of sp³-hybridized carbons (Fsp3) is 0.188. The largest absolute Gasteiger partial charge is 0.383 e. The number of nitrogens with one attached hydrogen (secondary N) is 2. The Morgan fingerprint density at radius 2 is 2.00 bits per heavy atom. The van der Waals surface area contributed by atoms with E-state index in [0.29, 0.717) is 29.4 Å². The summed E-state index contributed by atoms with van der Waals surface area (Å²) in [5, 5.41) is 5.78. The Kier molecular flexibility index (Phi) is 6.08. The second-order valence-electron chi connectivity index (χ2n) is 4.61. The number of benzene rings is 1. The standard InChI is InChI=1S/C16H16ClN3O3/c1-23-9-8-19-16(22)14-10-11(6-7-18-14)15(21)20-13-5-3-2-4-12(13)17/h2-7,10H,8-9H2,1H3,(H,19,22)(H,20,21). The lowest BCUT2D eigenvalue weighted by molar-refractivity contribution is 0.0932. The van der Waals surface area contributed by atoms with Crippen molar-refractivity contribution in [2.24, 2.45) is 0 Å². The average molecular weight is 334 g/mol. The molecule has 0 aliphatic carbocycles. The van der Waals surface area contributed by atoms with Crippen LogP contribution in [0.5, 0.6) is 0 Å². The highest BCUT2D eigenvalue weighted by Crippen LogP contribution is 2.21. The maximum absolute atomic E-state index is 12.3. The van der Waals surface area contributed by atoms with Crippen molar-refractivity contribution < 1.29 is 14.3 Å². The molecule has 2 amide bonds. The number of halogens is 1. The fourth-order valence-electron chi connectivity index (χ4n) is 1.81. The van der Waals surface area contributed by atoms with Gasteiger partial charge in [0.25, 0.3) is 11.8 Å². The molecular weight excluding hydrogens is 318 g/mol. The summed E-state index contributed by atoms with van der Waals surface area (Å²) in [4.78, 5) is 28.1. The van der Waals surface area contributed by atoms with Crippen LogP contribution < -0.4 is 10.6 Å². The molecule has 0 saturated heterocycles. The summed E-state index contributed by atoms with van der Waals surface area (Å²) in [6, 6.07) is 9.86. The van der Waals surface area contributed by atoms with Gasteiger partial charge in [-0.2, -0.15) is 0 Å². The Hall–Kier alpha value is -2.44. The van der Waals surface area contributed by atoms with Crippen LogP contribution in [0.25, 0.3) is 0 Å². The number of carbonyl (C=O) groups is 2. The van der Waals surface area contributed by atoms with Gasteiger partial charge in [0.2, 0.25) is 0 Å². The molecule has 0 unspecified atom stereocenters. The van der Waals surface area contributed by atoms with E-state index in [1.165, 1.54) is 18.3 Å². The first-order chi connectivity index (χ1) is 11.1. The molecule has 23 heavy (non-hydrogen) atoms. The van der Waals surface area contributed by atoms with Crippen LogP contribution in [-0.4, -0.2) is 37.1 Å². The van der Waals surface area contributed by atoms with Crippen LogP contribution in [0.2, 0.25) is 5.02 Å². The van der Waals surface area contributed by atoms with Gasteiger partial charge in [0.05, 0.1) is 17.3 Å². The number of ether oxygens (including phenoxy) is 1. The van der Waals surface area contributed by atoms with E-state index in [1.807, 2.05) is 0 Å². The first-order valence-electron chi connectivity index (χ1n) is 6.91. The highest BCUT2D eigenvalue weighted by atomic mass is 35.5. The van der Waals surface area contributed by atoms with Crippen molar-refractivity contribution in [1.29, 1.82) is 0 Å². The Morgan fingerprint density at radius 1 is 1.22 bits per heavy atom. The number of anilines is 1. The highest BCUT2D eigenvalue weighted by Gasteiger charge is 2.12. The summed E-state index contributed by atoms with van der Waals surface area (Å²) in [6.45, 7) is 0.769. The number of hydrogen-bond donors (Lipinski definition) is 2. The van der Waals surface area contributed by atoms with Gasteiger partial charge in [-0.05, 0) is 24.3 Å². The quantitative estimate of drug-likeness (QED) is 0.795. The Labute approximate surface area is 138 Å². The highest BCUT2D eigenvalue weighted by molar-refractivity contribution is 6.33. The minimum absolute atomic E-state index is 0.160. The minimum atomic E-state index is -0.369. The van der Waals surface area contributed by atoms with Gasteiger partial charge in [0, 0.05) is 25.4 Å². The summed E-state index contributed by atoms with van der Waals surface area (Å²) in [7, 11) is 1.55. The van der Waals surface area contributed by atoms with Gasteiger partial charge in [-0.25, -0.2) is 0 Å². The minimum Gasteiger partial charge on any atom is -0.383 e. The topological polar surface area (TPSA) is 80.3 Å². The van der Waals surface area contributed by atoms with Crippen LogP contribution >= 0.6 is 11.6 Å². The molecule has 1 aromatic carbocycles. The zero-order valence-electron chi connectivity index (χ0n) is 12.5. The van der Waals surface area contributed by atoms with Gasteiger partial charge in [-0.3, -0.25) is 14.6 Å². The predicted molar refractivity (Wildman–Crippen MR) is 87.9 cm³/mol. The van der Waals surface area contributed by atoms with E-state index in [1.54, 1.807) is 31.4 Å². The van der Waals surface area contributed by atoms with Crippen molar-refractivity contribution in [3.05, 3.63) is 58.9 Å². The van der Waals surface area contributed by atoms with E-state index in [9.17, 15) is 9.59 Å². The maximum atomic E-state index is 12.3. The van der Waals surface area contributed by atoms with Gasteiger partial charge >= 0.3 is 0 Å². The number of para-hydroxylation sites is 1. The summed E-state index contributed by atoms with van der Waals surface area (Å²) >= 11 is 6.01. The molecule has 2 N–H and O–H groups in total. The summed E-state index contributed by atoms with van der Waals surface area (Å²) in [6.07, 6.45) is 1.41. The van der Waals surface area contributed by atoms with E-state index in [-0.39, 0.29) is 17.5 Å². The lowest BCUT2D eigenvalue weighted by Crippen LogP contribution is -2.28. The first kappa shape index (κ1) is 16.9. The Morgan fingerprint density at radius 3 is 2.74 bits per heavy atom. The third-order valence-electron chi connectivity index (χ3n) is 2.97. The van der Waals surface area contributed by atoms with Gasteiger partial charge in [-0.1, -0.05) is 23.7 Å². The fourth-order valence-corrected chi connectivity index (χ4v) is 1.99. The summed E-state index contributed by atoms with van der Waals surface area (Å²) in [5.41, 5.74) is 0.979. The monoisotopic (exact) mass is 333 g/mol. The van der Waals surface area contributed by atoms with Crippen LogP contribution in [-0.2, 0) is 4.74 Å². The molecule has 0 aliphatic heterocycles.